The van der Waals surface area contributed by atoms with Crippen LogP contribution in [0.1, 0.15) is 29.2 Å². The van der Waals surface area contributed by atoms with E-state index in [0.29, 0.717) is 6.04 Å². The van der Waals surface area contributed by atoms with E-state index in [4.69, 9.17) is 4.74 Å². The molecule has 0 amide bonds. The molecule has 0 saturated heterocycles. The first-order valence-electron chi connectivity index (χ1n) is 11.1. The van der Waals surface area contributed by atoms with Crippen molar-refractivity contribution in [2.45, 2.75) is 30.3 Å². The van der Waals surface area contributed by atoms with Crippen molar-refractivity contribution in [1.82, 2.24) is 14.3 Å². The zero-order valence-corrected chi connectivity index (χ0v) is 19.9. The van der Waals surface area contributed by atoms with Gasteiger partial charge in [-0.25, -0.2) is 4.98 Å². The Kier molecular flexibility index (Phi) is 7.20. The fourth-order valence-corrected chi connectivity index (χ4v) is 5.41. The number of nitrogens with zero attached hydrogens (tertiary/aromatic N) is 3. The summed E-state index contributed by atoms with van der Waals surface area (Å²) in [5.74, 6) is 1.01. The second kappa shape index (κ2) is 10.8. The van der Waals surface area contributed by atoms with Gasteiger partial charge in [0.15, 0.2) is 0 Å². The minimum Gasteiger partial charge on any atom is -0.493 e. The second-order valence-corrected chi connectivity index (χ2v) is 9.61. The third-order valence-corrected chi connectivity index (χ3v) is 7.37. The molecule has 4 aromatic rings. The van der Waals surface area contributed by atoms with Crippen LogP contribution in [0.2, 0.25) is 0 Å². The van der Waals surface area contributed by atoms with E-state index in [1.54, 1.807) is 18.3 Å². The van der Waals surface area contributed by atoms with Gasteiger partial charge in [0.1, 0.15) is 12.1 Å². The highest BCUT2D eigenvalue weighted by molar-refractivity contribution is 8.00. The minimum absolute atomic E-state index is 0.428. The first-order valence-corrected chi connectivity index (χ1v) is 12.7. The maximum Gasteiger partial charge on any atom is 0.212 e. The number of aromatic nitrogens is 2. The third-order valence-electron chi connectivity index (χ3n) is 5.88. The summed E-state index contributed by atoms with van der Waals surface area (Å²) in [5, 5.41) is 0.809. The Hall–Kier alpha value is -2.87. The van der Waals surface area contributed by atoms with E-state index in [1.807, 2.05) is 36.4 Å². The van der Waals surface area contributed by atoms with E-state index < -0.39 is 0 Å². The van der Waals surface area contributed by atoms with Crippen molar-refractivity contribution >= 4 is 28.6 Å². The Balaban J connectivity index is 0.000000332. The van der Waals surface area contributed by atoms with Gasteiger partial charge in [-0.05, 0) is 41.6 Å². The van der Waals surface area contributed by atoms with Crippen molar-refractivity contribution in [2.75, 3.05) is 17.9 Å². The lowest BCUT2D eigenvalue weighted by Crippen LogP contribution is -2.36. The molecule has 1 unspecified atom stereocenters. The third kappa shape index (κ3) is 5.55. The van der Waals surface area contributed by atoms with Crippen LogP contribution in [0, 0.1) is 0 Å². The number of nitrogens with one attached hydrogen (secondary N) is 1. The highest BCUT2D eigenvalue weighted by Crippen LogP contribution is 2.40. The van der Waals surface area contributed by atoms with E-state index in [1.165, 1.54) is 28.2 Å². The van der Waals surface area contributed by atoms with Crippen molar-refractivity contribution in [3.63, 3.8) is 0 Å². The number of benzene rings is 3. The molecule has 0 aliphatic carbocycles. The minimum atomic E-state index is 0.428. The van der Waals surface area contributed by atoms with E-state index in [9.17, 15) is 0 Å². The van der Waals surface area contributed by atoms with Crippen LogP contribution in [0.3, 0.4) is 0 Å². The molecule has 1 atom stereocenters. The second-order valence-electron chi connectivity index (χ2n) is 7.95. The predicted octanol–water partition coefficient (Wildman–Crippen LogP) is 6.23. The van der Waals surface area contributed by atoms with Crippen LogP contribution in [-0.2, 0) is 13.0 Å². The Morgan fingerprint density at radius 3 is 2.52 bits per heavy atom. The lowest BCUT2D eigenvalue weighted by Gasteiger charge is -2.38. The van der Waals surface area contributed by atoms with Crippen LogP contribution in [0.15, 0.2) is 90.1 Å². The normalized spacial score (nSPS) is 17.0. The molecule has 0 radical (unpaired) electrons. The SMILES string of the molecule is c1ccc2c(c1)CCN(C1CCOc3cc(SNc4ncns4)ccc31)C2.c1ccccc1. The van der Waals surface area contributed by atoms with Gasteiger partial charge in [-0.1, -0.05) is 66.7 Å². The smallest absolute Gasteiger partial charge is 0.212 e. The fraction of sp³-hybridized carbons (Fsp3) is 0.231. The van der Waals surface area contributed by atoms with Crippen molar-refractivity contribution in [3.05, 3.63) is 102 Å². The van der Waals surface area contributed by atoms with Crippen molar-refractivity contribution < 1.29 is 4.74 Å². The summed E-state index contributed by atoms with van der Waals surface area (Å²) in [4.78, 5) is 7.87. The van der Waals surface area contributed by atoms with Crippen LogP contribution >= 0.6 is 23.5 Å². The van der Waals surface area contributed by atoms with Crippen LogP contribution in [-0.4, -0.2) is 27.4 Å². The van der Waals surface area contributed by atoms with E-state index in [-0.39, 0.29) is 0 Å². The lowest BCUT2D eigenvalue weighted by molar-refractivity contribution is 0.127. The molecular formula is C26H26N4OS2. The Morgan fingerprint density at radius 1 is 0.970 bits per heavy atom. The molecule has 2 aliphatic heterocycles. The van der Waals surface area contributed by atoms with Gasteiger partial charge in [0.2, 0.25) is 5.13 Å². The molecule has 0 spiro atoms. The quantitative estimate of drug-likeness (QED) is 0.354. The van der Waals surface area contributed by atoms with Gasteiger partial charge in [-0.2, -0.15) is 4.37 Å². The summed E-state index contributed by atoms with van der Waals surface area (Å²) in [6.45, 7) is 2.90. The fourth-order valence-electron chi connectivity index (χ4n) is 4.28. The molecule has 1 aromatic heterocycles. The summed E-state index contributed by atoms with van der Waals surface area (Å²) in [7, 11) is 0. The van der Waals surface area contributed by atoms with Crippen molar-refractivity contribution in [3.8, 4) is 5.75 Å². The maximum atomic E-state index is 6.00. The zero-order chi connectivity index (χ0) is 22.3. The highest BCUT2D eigenvalue weighted by Gasteiger charge is 2.29. The topological polar surface area (TPSA) is 50.3 Å². The van der Waals surface area contributed by atoms with E-state index in [0.717, 1.165) is 48.3 Å². The first kappa shape index (κ1) is 21.9. The maximum absolute atomic E-state index is 6.00. The molecule has 0 saturated carbocycles. The highest BCUT2D eigenvalue weighted by atomic mass is 32.2. The number of fused-ring (bicyclic) bond motifs is 2. The largest absolute Gasteiger partial charge is 0.493 e. The number of anilines is 1. The molecular weight excluding hydrogens is 448 g/mol. The molecule has 0 bridgehead atoms. The Labute approximate surface area is 203 Å². The van der Waals surface area contributed by atoms with Gasteiger partial charge in [-0.3, -0.25) is 4.90 Å². The Bertz CT molecular complexity index is 1130. The molecule has 3 aromatic carbocycles. The van der Waals surface area contributed by atoms with Gasteiger partial charge in [0.25, 0.3) is 0 Å². The molecule has 33 heavy (non-hydrogen) atoms. The average molecular weight is 475 g/mol. The van der Waals surface area contributed by atoms with Crippen LogP contribution in [0.25, 0.3) is 0 Å². The Morgan fingerprint density at radius 2 is 1.76 bits per heavy atom. The number of ether oxygens (including phenoxy) is 1. The molecule has 6 rings (SSSR count). The summed E-state index contributed by atoms with van der Waals surface area (Å²) >= 11 is 2.90. The predicted molar refractivity (Wildman–Crippen MR) is 136 cm³/mol. The molecule has 168 valence electrons. The molecule has 3 heterocycles. The molecule has 2 aliphatic rings. The van der Waals surface area contributed by atoms with Crippen LogP contribution in [0.4, 0.5) is 5.13 Å². The number of hydrogen-bond acceptors (Lipinski definition) is 7. The van der Waals surface area contributed by atoms with Gasteiger partial charge in [0.05, 0.1) is 6.61 Å². The van der Waals surface area contributed by atoms with Crippen molar-refractivity contribution in [1.29, 1.82) is 0 Å². The standard InChI is InChI=1S/C20H20N4OS2.C6H6/c1-2-4-15-12-24(9-7-14(15)3-1)18-8-10-25-19-11-16(5-6-17(18)19)26-23-20-21-13-22-27-20;1-2-4-6-5-3-1/h1-6,11,13,18H,7-10,12H2,(H,21,22,23);1-6H. The summed E-state index contributed by atoms with van der Waals surface area (Å²) in [6.07, 6.45) is 3.73. The molecule has 0 fully saturated rings. The van der Waals surface area contributed by atoms with E-state index in [2.05, 4.69) is 61.4 Å². The van der Waals surface area contributed by atoms with Crippen LogP contribution < -0.4 is 9.46 Å². The monoisotopic (exact) mass is 474 g/mol. The van der Waals surface area contributed by atoms with E-state index >= 15 is 0 Å². The molecule has 7 heteroatoms. The van der Waals surface area contributed by atoms with Gasteiger partial charge in [-0.15, -0.1) is 0 Å². The average Bonchev–Trinajstić information content (AvgIpc) is 3.42. The first-order chi connectivity index (χ1) is 16.4. The molecule has 1 N–H and O–H groups in total. The van der Waals surface area contributed by atoms with Crippen molar-refractivity contribution in [2.24, 2.45) is 0 Å². The van der Waals surface area contributed by atoms with Gasteiger partial charge in [0, 0.05) is 47.5 Å². The molecule has 5 nitrogen and oxygen atoms in total. The lowest BCUT2D eigenvalue weighted by atomic mass is 9.94. The zero-order valence-electron chi connectivity index (χ0n) is 18.3. The van der Waals surface area contributed by atoms with Gasteiger partial charge >= 0.3 is 0 Å². The summed E-state index contributed by atoms with van der Waals surface area (Å²) < 4.78 is 13.2. The summed E-state index contributed by atoms with van der Waals surface area (Å²) in [6, 6.07) is 27.8. The summed E-state index contributed by atoms with van der Waals surface area (Å²) in [5.41, 5.74) is 4.27. The van der Waals surface area contributed by atoms with Gasteiger partial charge < -0.3 is 9.46 Å². The van der Waals surface area contributed by atoms with Crippen LogP contribution in [0.5, 0.6) is 5.75 Å². The number of rotatable bonds is 4. The number of hydrogen-bond donors (Lipinski definition) is 1.